The number of rotatable bonds is 3. The molecule has 0 amide bonds. The van der Waals surface area contributed by atoms with E-state index in [1.165, 1.54) is 17.7 Å². The van der Waals surface area contributed by atoms with Gasteiger partial charge in [0, 0.05) is 32.7 Å². The first kappa shape index (κ1) is 16.5. The fourth-order valence-corrected chi connectivity index (χ4v) is 3.12. The highest BCUT2D eigenvalue weighted by Crippen LogP contribution is 2.32. The van der Waals surface area contributed by atoms with E-state index in [-0.39, 0.29) is 0 Å². The molecule has 3 nitrogen and oxygen atoms in total. The summed E-state index contributed by atoms with van der Waals surface area (Å²) in [5, 5.41) is 3.32. The van der Waals surface area contributed by atoms with E-state index in [1.54, 1.807) is 12.1 Å². The third-order valence-corrected chi connectivity index (χ3v) is 4.38. The van der Waals surface area contributed by atoms with Crippen molar-refractivity contribution >= 4 is 5.57 Å². The molecular formula is C17H21F3N2O. The lowest BCUT2D eigenvalue weighted by Gasteiger charge is -2.31. The number of nitrogens with one attached hydrogen (secondary N) is 1. The van der Waals surface area contributed by atoms with Crippen molar-refractivity contribution in [1.29, 1.82) is 0 Å². The molecule has 3 rings (SSSR count). The van der Waals surface area contributed by atoms with Crippen molar-refractivity contribution < 1.29 is 17.9 Å². The fraction of sp³-hybridized carbons (Fsp3) is 0.529. The molecule has 0 bridgehead atoms. The predicted molar refractivity (Wildman–Crippen MR) is 83.1 cm³/mol. The zero-order valence-corrected chi connectivity index (χ0v) is 13.0. The maximum atomic E-state index is 12.7. The number of alkyl halides is 3. The van der Waals surface area contributed by atoms with Crippen LogP contribution < -0.4 is 5.32 Å². The number of piperazine rings is 1. The average Bonchev–Trinajstić information content (AvgIpc) is 2.56. The molecule has 0 aliphatic carbocycles. The smallest absolute Gasteiger partial charge is 0.377 e. The lowest BCUT2D eigenvalue weighted by Crippen LogP contribution is -2.44. The monoisotopic (exact) mass is 326 g/mol. The van der Waals surface area contributed by atoms with Crippen LogP contribution >= 0.6 is 0 Å². The van der Waals surface area contributed by atoms with Crippen molar-refractivity contribution in [2.24, 2.45) is 0 Å². The zero-order chi connectivity index (χ0) is 16.3. The van der Waals surface area contributed by atoms with Crippen molar-refractivity contribution in [3.05, 3.63) is 41.0 Å². The summed E-state index contributed by atoms with van der Waals surface area (Å²) < 4.78 is 43.7. The van der Waals surface area contributed by atoms with Crippen LogP contribution in [0.25, 0.3) is 5.57 Å². The standard InChI is InChI=1S/C17H21F3N2O/c18-17(19,20)15-3-1-13(2-4-15)16-5-10-23-12-14(16)11-22-8-6-21-7-9-22/h1-4,21H,5-12H2. The number of nitrogens with zero attached hydrogens (tertiary/aromatic N) is 1. The minimum atomic E-state index is -4.29. The normalized spacial score (nSPS) is 20.8. The Morgan fingerprint density at radius 1 is 1.09 bits per heavy atom. The van der Waals surface area contributed by atoms with Crippen LogP contribution in [0.15, 0.2) is 29.8 Å². The first-order chi connectivity index (χ1) is 11.0. The molecule has 1 aromatic carbocycles. The molecule has 1 aromatic rings. The SMILES string of the molecule is FC(F)(F)c1ccc(C2=C(CN3CCNCC3)COCC2)cc1. The minimum absolute atomic E-state index is 0.570. The van der Waals surface area contributed by atoms with Gasteiger partial charge < -0.3 is 10.1 Å². The molecule has 2 aliphatic rings. The zero-order valence-electron chi connectivity index (χ0n) is 13.0. The molecule has 1 saturated heterocycles. The number of hydrogen-bond acceptors (Lipinski definition) is 3. The van der Waals surface area contributed by atoms with Gasteiger partial charge in [0.15, 0.2) is 0 Å². The molecule has 2 heterocycles. The molecule has 0 saturated carbocycles. The van der Waals surface area contributed by atoms with Gasteiger partial charge in [0.05, 0.1) is 18.8 Å². The molecule has 0 atom stereocenters. The maximum Gasteiger partial charge on any atom is 0.416 e. The van der Waals surface area contributed by atoms with E-state index in [0.29, 0.717) is 13.2 Å². The van der Waals surface area contributed by atoms with Crippen molar-refractivity contribution in [2.75, 3.05) is 45.9 Å². The summed E-state index contributed by atoms with van der Waals surface area (Å²) in [6.45, 7) is 5.96. The molecule has 0 aromatic heterocycles. The van der Waals surface area contributed by atoms with Crippen LogP contribution in [0.3, 0.4) is 0 Å². The molecule has 0 radical (unpaired) electrons. The summed E-state index contributed by atoms with van der Waals surface area (Å²) >= 11 is 0. The summed E-state index contributed by atoms with van der Waals surface area (Å²) in [5.41, 5.74) is 2.62. The predicted octanol–water partition coefficient (Wildman–Crippen LogP) is 2.78. The van der Waals surface area contributed by atoms with Crippen LogP contribution in [-0.2, 0) is 10.9 Å². The van der Waals surface area contributed by atoms with Gasteiger partial charge in [-0.25, -0.2) is 0 Å². The largest absolute Gasteiger partial charge is 0.416 e. The Kier molecular flexibility index (Phi) is 5.04. The van der Waals surface area contributed by atoms with Gasteiger partial charge in [-0.15, -0.1) is 0 Å². The molecule has 2 aliphatic heterocycles. The average molecular weight is 326 g/mol. The molecule has 23 heavy (non-hydrogen) atoms. The number of hydrogen-bond donors (Lipinski definition) is 1. The quantitative estimate of drug-likeness (QED) is 0.924. The minimum Gasteiger partial charge on any atom is -0.377 e. The van der Waals surface area contributed by atoms with E-state index in [0.717, 1.165) is 50.3 Å². The Labute approximate surface area is 134 Å². The Morgan fingerprint density at radius 3 is 2.43 bits per heavy atom. The fourth-order valence-electron chi connectivity index (χ4n) is 3.12. The molecule has 0 spiro atoms. The van der Waals surface area contributed by atoms with Gasteiger partial charge in [-0.1, -0.05) is 12.1 Å². The summed E-state index contributed by atoms with van der Waals surface area (Å²) in [5.74, 6) is 0. The molecule has 0 unspecified atom stereocenters. The Balaban J connectivity index is 1.81. The summed E-state index contributed by atoms with van der Waals surface area (Å²) in [6, 6.07) is 5.50. The van der Waals surface area contributed by atoms with Gasteiger partial charge in [-0.2, -0.15) is 13.2 Å². The van der Waals surface area contributed by atoms with Gasteiger partial charge in [-0.05, 0) is 35.3 Å². The van der Waals surface area contributed by atoms with E-state index in [2.05, 4.69) is 10.2 Å². The number of benzene rings is 1. The van der Waals surface area contributed by atoms with Gasteiger partial charge in [0.25, 0.3) is 0 Å². The highest BCUT2D eigenvalue weighted by atomic mass is 19.4. The maximum absolute atomic E-state index is 12.7. The number of ether oxygens (including phenoxy) is 1. The second-order valence-electron chi connectivity index (χ2n) is 5.99. The Morgan fingerprint density at radius 2 is 1.78 bits per heavy atom. The highest BCUT2D eigenvalue weighted by molar-refractivity contribution is 5.70. The van der Waals surface area contributed by atoms with Crippen molar-refractivity contribution in [1.82, 2.24) is 10.2 Å². The van der Waals surface area contributed by atoms with Crippen LogP contribution in [0.4, 0.5) is 13.2 Å². The molecule has 1 fully saturated rings. The first-order valence-electron chi connectivity index (χ1n) is 7.93. The van der Waals surface area contributed by atoms with Crippen molar-refractivity contribution in [3.63, 3.8) is 0 Å². The van der Waals surface area contributed by atoms with Crippen LogP contribution in [0.5, 0.6) is 0 Å². The Bertz CT molecular complexity index is 560. The topological polar surface area (TPSA) is 24.5 Å². The van der Waals surface area contributed by atoms with E-state index < -0.39 is 11.7 Å². The van der Waals surface area contributed by atoms with Crippen LogP contribution in [0, 0.1) is 0 Å². The third kappa shape index (κ3) is 4.13. The summed E-state index contributed by atoms with van der Waals surface area (Å²) in [6.07, 6.45) is -3.53. The van der Waals surface area contributed by atoms with E-state index in [1.807, 2.05) is 0 Å². The van der Waals surface area contributed by atoms with Crippen LogP contribution in [0.2, 0.25) is 0 Å². The lowest BCUT2D eigenvalue weighted by atomic mass is 9.94. The van der Waals surface area contributed by atoms with Crippen molar-refractivity contribution in [3.8, 4) is 0 Å². The van der Waals surface area contributed by atoms with Gasteiger partial charge in [-0.3, -0.25) is 4.90 Å². The van der Waals surface area contributed by atoms with Crippen molar-refractivity contribution in [2.45, 2.75) is 12.6 Å². The summed E-state index contributed by atoms with van der Waals surface area (Å²) in [4.78, 5) is 2.37. The summed E-state index contributed by atoms with van der Waals surface area (Å²) in [7, 11) is 0. The molecule has 126 valence electrons. The molecule has 1 N–H and O–H groups in total. The van der Waals surface area contributed by atoms with Gasteiger partial charge in [0.1, 0.15) is 0 Å². The second kappa shape index (κ2) is 7.03. The first-order valence-corrected chi connectivity index (χ1v) is 7.93. The van der Waals surface area contributed by atoms with Gasteiger partial charge >= 0.3 is 6.18 Å². The molecular weight excluding hydrogens is 305 g/mol. The van der Waals surface area contributed by atoms with E-state index in [9.17, 15) is 13.2 Å². The molecule has 6 heteroatoms. The van der Waals surface area contributed by atoms with Gasteiger partial charge in [0.2, 0.25) is 0 Å². The lowest BCUT2D eigenvalue weighted by molar-refractivity contribution is -0.137. The van der Waals surface area contributed by atoms with E-state index >= 15 is 0 Å². The second-order valence-corrected chi connectivity index (χ2v) is 5.99. The third-order valence-electron chi connectivity index (χ3n) is 4.38. The van der Waals surface area contributed by atoms with E-state index in [4.69, 9.17) is 4.74 Å². The number of halogens is 3. The Hall–Kier alpha value is -1.37. The van der Waals surface area contributed by atoms with Crippen LogP contribution in [0.1, 0.15) is 17.5 Å². The highest BCUT2D eigenvalue weighted by Gasteiger charge is 2.30. The van der Waals surface area contributed by atoms with Crippen LogP contribution in [-0.4, -0.2) is 50.8 Å².